The molecule has 0 aromatic heterocycles. The fourth-order valence-corrected chi connectivity index (χ4v) is 8.07. The van der Waals surface area contributed by atoms with Gasteiger partial charge in [0.1, 0.15) is 11.6 Å². The van der Waals surface area contributed by atoms with Crippen molar-refractivity contribution in [3.63, 3.8) is 0 Å². The third-order valence-corrected chi connectivity index (χ3v) is 11.1. The molecule has 4 unspecified atom stereocenters. The highest BCUT2D eigenvalue weighted by molar-refractivity contribution is 9.11. The van der Waals surface area contributed by atoms with Crippen LogP contribution in [0.25, 0.3) is 0 Å². The molecule has 0 spiro atoms. The molecule has 48 heavy (non-hydrogen) atoms. The van der Waals surface area contributed by atoms with Crippen LogP contribution in [0.3, 0.4) is 0 Å². The Morgan fingerprint density at radius 3 is 1.73 bits per heavy atom. The van der Waals surface area contributed by atoms with Crippen LogP contribution in [0.5, 0.6) is 0 Å². The molecule has 0 amide bonds. The van der Waals surface area contributed by atoms with Gasteiger partial charge in [-0.05, 0) is 129 Å². The molecule has 2 fully saturated rings. The fourth-order valence-electron chi connectivity index (χ4n) is 6.65. The predicted molar refractivity (Wildman–Crippen MR) is 198 cm³/mol. The van der Waals surface area contributed by atoms with Crippen molar-refractivity contribution in [1.29, 1.82) is 0 Å². The SMILES string of the molecule is Cc1cc(F)ccc1C1CNCCC1OCc1c(Br)cccc1Br.Cc1ccc(Cl)cc1COC1CCNCC1c1ccc(F)cc1C. The highest BCUT2D eigenvalue weighted by Gasteiger charge is 2.30. The molecule has 2 heterocycles. The number of benzene rings is 4. The molecule has 4 atom stereocenters. The van der Waals surface area contributed by atoms with Gasteiger partial charge in [-0.2, -0.15) is 0 Å². The van der Waals surface area contributed by atoms with Gasteiger partial charge in [0.25, 0.3) is 0 Å². The van der Waals surface area contributed by atoms with Crippen LogP contribution in [-0.2, 0) is 22.7 Å². The molecular weight excluding hydrogens is 762 g/mol. The number of hydrogen-bond acceptors (Lipinski definition) is 4. The van der Waals surface area contributed by atoms with Crippen LogP contribution in [-0.4, -0.2) is 38.4 Å². The normalized spacial score (nSPS) is 21.0. The smallest absolute Gasteiger partial charge is 0.123 e. The first-order valence-corrected chi connectivity index (χ1v) is 18.4. The highest BCUT2D eigenvalue weighted by Crippen LogP contribution is 2.33. The number of rotatable bonds is 8. The number of piperidine rings is 2. The van der Waals surface area contributed by atoms with Gasteiger partial charge in [-0.3, -0.25) is 0 Å². The van der Waals surface area contributed by atoms with Crippen molar-refractivity contribution in [2.24, 2.45) is 0 Å². The average molecular weight is 805 g/mol. The van der Waals surface area contributed by atoms with Crippen LogP contribution in [0.2, 0.25) is 5.02 Å². The van der Waals surface area contributed by atoms with E-state index in [0.29, 0.717) is 13.2 Å². The van der Waals surface area contributed by atoms with Crippen molar-refractivity contribution >= 4 is 43.5 Å². The van der Waals surface area contributed by atoms with Gasteiger partial charge in [-0.25, -0.2) is 8.78 Å². The second-order valence-corrected chi connectivity index (χ2v) is 14.8. The maximum Gasteiger partial charge on any atom is 0.123 e. The lowest BCUT2D eigenvalue weighted by atomic mass is 9.86. The van der Waals surface area contributed by atoms with Crippen LogP contribution in [0.1, 0.15) is 63.6 Å². The van der Waals surface area contributed by atoms with Gasteiger partial charge in [0.2, 0.25) is 0 Å². The zero-order valence-electron chi connectivity index (χ0n) is 27.6. The van der Waals surface area contributed by atoms with Crippen LogP contribution in [0.15, 0.2) is 81.7 Å². The summed E-state index contributed by atoms with van der Waals surface area (Å²) in [5, 5.41) is 7.59. The first-order valence-electron chi connectivity index (χ1n) is 16.5. The number of halogens is 5. The van der Waals surface area contributed by atoms with Gasteiger partial charge >= 0.3 is 0 Å². The lowest BCUT2D eigenvalue weighted by molar-refractivity contribution is 0.00625. The Labute approximate surface area is 305 Å². The highest BCUT2D eigenvalue weighted by atomic mass is 79.9. The van der Waals surface area contributed by atoms with Crippen LogP contribution >= 0.6 is 43.5 Å². The Morgan fingerprint density at radius 2 is 1.21 bits per heavy atom. The van der Waals surface area contributed by atoms with E-state index in [-0.39, 0.29) is 35.7 Å². The van der Waals surface area contributed by atoms with E-state index < -0.39 is 0 Å². The van der Waals surface area contributed by atoms with Crippen molar-refractivity contribution in [2.45, 2.75) is 70.9 Å². The molecule has 2 aliphatic heterocycles. The first-order chi connectivity index (χ1) is 23.1. The van der Waals surface area contributed by atoms with E-state index in [1.54, 1.807) is 18.2 Å². The lowest BCUT2D eigenvalue weighted by Gasteiger charge is -2.33. The Hall–Kier alpha value is -2.17. The molecule has 4 aromatic rings. The van der Waals surface area contributed by atoms with Crippen molar-refractivity contribution in [3.05, 3.63) is 137 Å². The largest absolute Gasteiger partial charge is 0.373 e. The summed E-state index contributed by atoms with van der Waals surface area (Å²) in [5.41, 5.74) is 7.72. The zero-order chi connectivity index (χ0) is 34.2. The van der Waals surface area contributed by atoms with Crippen molar-refractivity contribution in [1.82, 2.24) is 10.6 Å². The summed E-state index contributed by atoms with van der Waals surface area (Å²) < 4.78 is 41.5. The second kappa shape index (κ2) is 17.7. The van der Waals surface area contributed by atoms with Crippen molar-refractivity contribution < 1.29 is 18.3 Å². The molecule has 0 aliphatic carbocycles. The molecule has 4 aromatic carbocycles. The Bertz CT molecular complexity index is 1670. The summed E-state index contributed by atoms with van der Waals surface area (Å²) in [6, 6.07) is 22.0. The van der Waals surface area contributed by atoms with Crippen LogP contribution < -0.4 is 10.6 Å². The van der Waals surface area contributed by atoms with Crippen molar-refractivity contribution in [3.8, 4) is 0 Å². The zero-order valence-corrected chi connectivity index (χ0v) is 31.5. The molecule has 2 N–H and O–H groups in total. The molecule has 256 valence electrons. The van der Waals surface area contributed by atoms with Gasteiger partial charge in [-0.1, -0.05) is 67.7 Å². The number of nitrogens with one attached hydrogen (secondary N) is 2. The summed E-state index contributed by atoms with van der Waals surface area (Å²) in [6.45, 7) is 10.7. The quantitative estimate of drug-likeness (QED) is 0.186. The van der Waals surface area contributed by atoms with Crippen molar-refractivity contribution in [2.75, 3.05) is 26.2 Å². The van der Waals surface area contributed by atoms with Gasteiger partial charge in [0, 0.05) is 44.5 Å². The second-order valence-electron chi connectivity index (χ2n) is 12.7. The van der Waals surface area contributed by atoms with E-state index >= 15 is 0 Å². The molecule has 0 saturated carbocycles. The standard InChI is InChI=1S/C20H23ClFNO.C19H20Br2FNO/c1-13-3-4-16(21)10-15(13)12-24-20-7-8-23-11-19(20)18-6-5-17(22)9-14(18)2;1-12-9-13(22)5-6-14(12)15-10-23-8-7-19(15)24-11-16-17(20)3-2-4-18(16)21/h3-6,9-10,19-20,23H,7-8,11-12H2,1-2H3;2-6,9,15,19,23H,7-8,10-11H2,1H3. The Kier molecular flexibility index (Phi) is 13.6. The third-order valence-electron chi connectivity index (χ3n) is 9.37. The fraction of sp³-hybridized carbons (Fsp3) is 0.385. The van der Waals surface area contributed by atoms with E-state index in [1.807, 2.05) is 62.4 Å². The minimum absolute atomic E-state index is 0.119. The van der Waals surface area contributed by atoms with Gasteiger partial charge < -0.3 is 20.1 Å². The molecule has 6 rings (SSSR count). The summed E-state index contributed by atoms with van der Waals surface area (Å²) >= 11 is 13.3. The van der Waals surface area contributed by atoms with E-state index in [9.17, 15) is 8.78 Å². The van der Waals surface area contributed by atoms with Gasteiger partial charge in [0.15, 0.2) is 0 Å². The van der Waals surface area contributed by atoms with E-state index in [4.69, 9.17) is 21.1 Å². The minimum Gasteiger partial charge on any atom is -0.373 e. The minimum atomic E-state index is -0.188. The topological polar surface area (TPSA) is 42.5 Å². The lowest BCUT2D eigenvalue weighted by Crippen LogP contribution is -2.40. The Morgan fingerprint density at radius 1 is 0.688 bits per heavy atom. The third kappa shape index (κ3) is 9.75. The Balaban J connectivity index is 0.000000188. The molecule has 9 heteroatoms. The molecule has 2 aliphatic rings. The maximum atomic E-state index is 13.4. The monoisotopic (exact) mass is 802 g/mol. The summed E-state index contributed by atoms with van der Waals surface area (Å²) in [7, 11) is 0. The summed E-state index contributed by atoms with van der Waals surface area (Å²) in [5.74, 6) is 0.0983. The molecular formula is C39H43Br2ClF2N2O2. The molecule has 0 radical (unpaired) electrons. The van der Waals surface area contributed by atoms with Gasteiger partial charge in [0.05, 0.1) is 25.4 Å². The average Bonchev–Trinajstić information content (AvgIpc) is 3.06. The van der Waals surface area contributed by atoms with Gasteiger partial charge in [-0.15, -0.1) is 0 Å². The van der Waals surface area contributed by atoms with Crippen LogP contribution in [0, 0.1) is 32.4 Å². The number of hydrogen-bond donors (Lipinski definition) is 2. The van der Waals surface area contributed by atoms with E-state index in [0.717, 1.165) is 80.8 Å². The van der Waals surface area contributed by atoms with E-state index in [2.05, 4.69) is 49.4 Å². The summed E-state index contributed by atoms with van der Waals surface area (Å²) in [4.78, 5) is 0. The number of aryl methyl sites for hydroxylation is 3. The number of ether oxygens (including phenoxy) is 2. The van der Waals surface area contributed by atoms with E-state index in [1.165, 1.54) is 17.2 Å². The molecule has 4 nitrogen and oxygen atoms in total. The molecule has 2 saturated heterocycles. The maximum absolute atomic E-state index is 13.4. The molecule has 0 bridgehead atoms. The first kappa shape index (κ1) is 37.1. The predicted octanol–water partition coefficient (Wildman–Crippen LogP) is 10.1. The summed E-state index contributed by atoms with van der Waals surface area (Å²) in [6.07, 6.45) is 2.13. The van der Waals surface area contributed by atoms with Crippen LogP contribution in [0.4, 0.5) is 8.78 Å².